The maximum absolute atomic E-state index is 8.74. The Labute approximate surface area is 176 Å². The number of fused-ring (bicyclic) bond motifs is 2. The Balaban J connectivity index is 0.000000155. The number of hydrogen-bond donors (Lipinski definition) is 1. The van der Waals surface area contributed by atoms with E-state index in [4.69, 9.17) is 22.1 Å². The minimum atomic E-state index is -1.84. The van der Waals surface area contributed by atoms with Gasteiger partial charge >= 0.3 is 53.0 Å². The van der Waals surface area contributed by atoms with Gasteiger partial charge in [-0.2, -0.15) is 23.6 Å². The van der Waals surface area contributed by atoms with Crippen LogP contribution in [0.15, 0.2) is 78.9 Å². The minimum Gasteiger partial charge on any atom is -0.396 e. The summed E-state index contributed by atoms with van der Waals surface area (Å²) in [5.41, 5.74) is 1.22. The molecule has 0 aliphatic rings. The van der Waals surface area contributed by atoms with Crippen molar-refractivity contribution in [2.75, 3.05) is 6.61 Å². The van der Waals surface area contributed by atoms with Crippen molar-refractivity contribution < 1.29 is 24.0 Å². The van der Waals surface area contributed by atoms with Crippen LogP contribution >= 0.6 is 17.0 Å². The molecule has 1 nitrogen and oxygen atoms in total. The van der Waals surface area contributed by atoms with Crippen molar-refractivity contribution in [3.05, 3.63) is 84.4 Å². The molecule has 4 heteroatoms. The predicted octanol–water partition coefficient (Wildman–Crippen LogP) is 6.78. The minimum absolute atomic E-state index is 0.232. The molecule has 0 spiro atoms. The average molecular weight is 479 g/mol. The predicted molar refractivity (Wildman–Crippen MR) is 118 cm³/mol. The second kappa shape index (κ2) is 11.7. The SMILES string of the molecule is C[C](C)=[Zr]([Cl])[Cl].OCCc1cc2ccccc2[cH-]1.c1ccc2[cH-]ccc2c1. The maximum atomic E-state index is 8.74. The fourth-order valence-corrected chi connectivity index (χ4v) is 2.56. The van der Waals surface area contributed by atoms with E-state index in [0.29, 0.717) is 0 Å². The third kappa shape index (κ3) is 7.47. The zero-order valence-corrected chi connectivity index (χ0v) is 19.6. The Bertz CT molecular complexity index is 916. The van der Waals surface area contributed by atoms with Gasteiger partial charge in [0.1, 0.15) is 0 Å². The number of halogens is 2. The largest absolute Gasteiger partial charge is 0.396 e. The van der Waals surface area contributed by atoms with Crippen molar-refractivity contribution in [1.29, 1.82) is 0 Å². The van der Waals surface area contributed by atoms with Gasteiger partial charge in [-0.25, -0.2) is 0 Å². The Morgan fingerprint density at radius 3 is 2.07 bits per heavy atom. The van der Waals surface area contributed by atoms with Gasteiger partial charge in [0.2, 0.25) is 0 Å². The number of aliphatic hydroxyl groups is 1. The van der Waals surface area contributed by atoms with Crippen LogP contribution in [0.4, 0.5) is 0 Å². The molecule has 4 rings (SSSR count). The van der Waals surface area contributed by atoms with E-state index in [-0.39, 0.29) is 6.61 Å². The summed E-state index contributed by atoms with van der Waals surface area (Å²) in [7, 11) is 11.1. The first kappa shape index (κ1) is 22.2. The van der Waals surface area contributed by atoms with Gasteiger partial charge in [-0.05, 0) is 6.42 Å². The summed E-state index contributed by atoms with van der Waals surface area (Å²) in [6.07, 6.45) is 0.759. The van der Waals surface area contributed by atoms with E-state index in [2.05, 4.69) is 66.7 Å². The van der Waals surface area contributed by atoms with Gasteiger partial charge in [0.25, 0.3) is 0 Å². The fourth-order valence-electron chi connectivity index (χ4n) is 2.56. The Kier molecular flexibility index (Phi) is 9.65. The summed E-state index contributed by atoms with van der Waals surface area (Å²) in [6.45, 7) is 4.19. The van der Waals surface area contributed by atoms with E-state index >= 15 is 0 Å². The summed E-state index contributed by atoms with van der Waals surface area (Å²) in [5.74, 6) is 0. The molecule has 0 aliphatic heterocycles. The van der Waals surface area contributed by atoms with E-state index in [9.17, 15) is 0 Å². The molecule has 1 N–H and O–H groups in total. The van der Waals surface area contributed by atoms with Gasteiger partial charge in [0, 0.05) is 6.61 Å². The van der Waals surface area contributed by atoms with Gasteiger partial charge < -0.3 is 5.11 Å². The Hall–Kier alpha value is -1.05. The molecule has 4 aromatic carbocycles. The normalized spacial score (nSPS) is 9.96. The van der Waals surface area contributed by atoms with E-state index in [1.54, 1.807) is 0 Å². The van der Waals surface area contributed by atoms with Crippen LogP contribution in [0.2, 0.25) is 0 Å². The molecule has 27 heavy (non-hydrogen) atoms. The standard InChI is InChI=1S/C11H11O.C9H7.C3H6.2ClH.Zr/c12-6-5-9-7-10-3-1-2-4-11(10)8-9;1-2-5-9-7-3-6-8(9)4-1;1-3-2;;;/h1-4,7-8,12H,5-6H2;1-7H;1-2H3;2*1H;/q2*-1;;;;+2/p-2. The van der Waals surface area contributed by atoms with Gasteiger partial charge in [0.15, 0.2) is 0 Å². The van der Waals surface area contributed by atoms with Crippen LogP contribution in [0.25, 0.3) is 21.5 Å². The molecule has 0 atom stereocenters. The topological polar surface area (TPSA) is 20.2 Å². The summed E-state index contributed by atoms with van der Waals surface area (Å²) in [5, 5.41) is 13.9. The average Bonchev–Trinajstić information content (AvgIpc) is 3.29. The molecule has 0 radical (unpaired) electrons. The van der Waals surface area contributed by atoms with Crippen molar-refractivity contribution in [2.24, 2.45) is 0 Å². The van der Waals surface area contributed by atoms with E-state index in [1.165, 1.54) is 30.3 Å². The quantitative estimate of drug-likeness (QED) is 0.315. The van der Waals surface area contributed by atoms with Crippen LogP contribution < -0.4 is 0 Å². The number of aliphatic hydroxyl groups excluding tert-OH is 1. The zero-order chi connectivity index (χ0) is 19.6. The molecular formula is C23H24Cl2OZr-2. The van der Waals surface area contributed by atoms with E-state index in [1.807, 2.05) is 26.0 Å². The summed E-state index contributed by atoms with van der Waals surface area (Å²) >= 11 is -1.84. The van der Waals surface area contributed by atoms with Gasteiger partial charge in [-0.1, -0.05) is 12.1 Å². The molecule has 0 aliphatic carbocycles. The molecule has 0 bridgehead atoms. The molecule has 0 saturated heterocycles. The van der Waals surface area contributed by atoms with Crippen LogP contribution in [0.1, 0.15) is 19.4 Å². The smallest absolute Gasteiger partial charge is 0.0455 e. The number of rotatable bonds is 2. The molecular weight excluding hydrogens is 454 g/mol. The maximum Gasteiger partial charge on any atom is 0.0455 e. The molecule has 0 heterocycles. The molecule has 0 saturated carbocycles. The van der Waals surface area contributed by atoms with Gasteiger partial charge in [-0.3, -0.25) is 0 Å². The van der Waals surface area contributed by atoms with Gasteiger partial charge in [-0.15, -0.1) is 70.3 Å². The Morgan fingerprint density at radius 1 is 0.926 bits per heavy atom. The second-order valence-electron chi connectivity index (χ2n) is 6.38. The third-order valence-electron chi connectivity index (χ3n) is 4.00. The van der Waals surface area contributed by atoms with Crippen molar-refractivity contribution >= 4 is 41.8 Å². The molecule has 142 valence electrons. The summed E-state index contributed by atoms with van der Waals surface area (Å²) < 4.78 is 1.24. The first-order chi connectivity index (χ1) is 13.0. The molecule has 0 aromatic heterocycles. The zero-order valence-electron chi connectivity index (χ0n) is 15.6. The first-order valence-corrected chi connectivity index (χ1v) is 16.4. The van der Waals surface area contributed by atoms with Crippen molar-refractivity contribution in [1.82, 2.24) is 0 Å². The van der Waals surface area contributed by atoms with E-state index in [0.717, 1.165) is 6.42 Å². The van der Waals surface area contributed by atoms with Crippen molar-refractivity contribution in [2.45, 2.75) is 20.3 Å². The third-order valence-corrected chi connectivity index (χ3v) is 10.3. The van der Waals surface area contributed by atoms with Crippen LogP contribution in [-0.2, 0) is 25.3 Å². The number of benzene rings is 2. The molecule has 0 unspecified atom stereocenters. The van der Waals surface area contributed by atoms with Crippen molar-refractivity contribution in [3.63, 3.8) is 0 Å². The first-order valence-electron chi connectivity index (χ1n) is 8.85. The van der Waals surface area contributed by atoms with Crippen LogP contribution in [-0.4, -0.2) is 14.9 Å². The number of hydrogen-bond acceptors (Lipinski definition) is 1. The second-order valence-corrected chi connectivity index (χ2v) is 15.7. The van der Waals surface area contributed by atoms with Gasteiger partial charge in [0.05, 0.1) is 0 Å². The Morgan fingerprint density at radius 2 is 1.52 bits per heavy atom. The van der Waals surface area contributed by atoms with Crippen molar-refractivity contribution in [3.8, 4) is 0 Å². The molecule has 4 aromatic rings. The summed E-state index contributed by atoms with van der Waals surface area (Å²) in [6, 6.07) is 27.2. The van der Waals surface area contributed by atoms with Crippen LogP contribution in [0.5, 0.6) is 0 Å². The fraction of sp³-hybridized carbons (Fsp3) is 0.174. The van der Waals surface area contributed by atoms with Crippen LogP contribution in [0, 0.1) is 0 Å². The molecule has 0 fully saturated rings. The van der Waals surface area contributed by atoms with Crippen LogP contribution in [0.3, 0.4) is 0 Å². The molecule has 0 amide bonds. The summed E-state index contributed by atoms with van der Waals surface area (Å²) in [4.78, 5) is 0. The van der Waals surface area contributed by atoms with E-state index < -0.39 is 18.9 Å². The monoisotopic (exact) mass is 476 g/mol.